The molecule has 0 radical (unpaired) electrons. The van der Waals surface area contributed by atoms with Gasteiger partial charge in [0, 0.05) is 13.1 Å². The van der Waals surface area contributed by atoms with Crippen molar-refractivity contribution in [2.24, 2.45) is 7.05 Å². The van der Waals surface area contributed by atoms with E-state index in [1.165, 1.54) is 23.7 Å². The van der Waals surface area contributed by atoms with E-state index < -0.39 is 16.5 Å². The Kier molecular flexibility index (Phi) is 2.75. The minimum Gasteiger partial charge on any atom is -0.330 e. The SMILES string of the molecule is Cn1c(C2(C(F)(F)F)CC2)nc2c(Cl)c([N+](=O)[O-])ccc21. The number of hydrogen-bond donors (Lipinski definition) is 0. The lowest BCUT2D eigenvalue weighted by molar-refractivity contribution is -0.384. The summed E-state index contributed by atoms with van der Waals surface area (Å²) >= 11 is 5.91. The Balaban J connectivity index is 2.26. The number of nitro benzene ring substituents is 1. The van der Waals surface area contributed by atoms with Crippen molar-refractivity contribution < 1.29 is 18.1 Å². The van der Waals surface area contributed by atoms with Gasteiger partial charge in [-0.05, 0) is 18.9 Å². The van der Waals surface area contributed by atoms with Crippen LogP contribution >= 0.6 is 11.6 Å². The highest BCUT2D eigenvalue weighted by atomic mass is 35.5. The number of nitrogens with zero attached hydrogens (tertiary/aromatic N) is 3. The quantitative estimate of drug-likeness (QED) is 0.626. The molecular weight excluding hydrogens is 311 g/mol. The van der Waals surface area contributed by atoms with Crippen LogP contribution in [0.4, 0.5) is 18.9 Å². The second-order valence-corrected chi connectivity index (χ2v) is 5.48. The van der Waals surface area contributed by atoms with Crippen molar-refractivity contribution >= 4 is 28.3 Å². The third-order valence-corrected chi connectivity index (χ3v) is 4.26. The molecule has 2 aromatic rings. The molecule has 0 bridgehead atoms. The first-order valence-electron chi connectivity index (χ1n) is 6.05. The largest absolute Gasteiger partial charge is 0.401 e. The molecule has 112 valence electrons. The first kappa shape index (κ1) is 14.1. The Bertz CT molecular complexity index is 765. The zero-order chi connectivity index (χ0) is 15.6. The van der Waals surface area contributed by atoms with E-state index in [2.05, 4.69) is 4.98 Å². The van der Waals surface area contributed by atoms with Crippen LogP contribution in [-0.4, -0.2) is 20.7 Å². The van der Waals surface area contributed by atoms with Gasteiger partial charge in [0.15, 0.2) is 0 Å². The number of rotatable bonds is 2. The standard InChI is InChI=1S/C12H9ClF3N3O2/c1-18-7-3-2-6(19(20)21)8(13)9(7)17-10(18)11(4-5-11)12(14,15)16/h2-3H,4-5H2,1H3. The van der Waals surface area contributed by atoms with Crippen LogP contribution in [0, 0.1) is 10.1 Å². The van der Waals surface area contributed by atoms with Crippen LogP contribution in [0.5, 0.6) is 0 Å². The molecule has 3 rings (SSSR count). The summed E-state index contributed by atoms with van der Waals surface area (Å²) in [5.74, 6) is -0.146. The van der Waals surface area contributed by atoms with E-state index >= 15 is 0 Å². The number of alkyl halides is 3. The molecule has 1 heterocycles. The number of benzene rings is 1. The molecule has 0 saturated heterocycles. The number of aromatic nitrogens is 2. The predicted molar refractivity (Wildman–Crippen MR) is 69.3 cm³/mol. The summed E-state index contributed by atoms with van der Waals surface area (Å²) in [6, 6.07) is 2.53. The van der Waals surface area contributed by atoms with E-state index in [9.17, 15) is 23.3 Å². The Morgan fingerprint density at radius 2 is 2.05 bits per heavy atom. The monoisotopic (exact) mass is 319 g/mol. The van der Waals surface area contributed by atoms with Gasteiger partial charge in [0.25, 0.3) is 5.69 Å². The molecule has 0 N–H and O–H groups in total. The average Bonchev–Trinajstić information content (AvgIpc) is 3.11. The highest BCUT2D eigenvalue weighted by Gasteiger charge is 2.66. The summed E-state index contributed by atoms with van der Waals surface area (Å²) in [6.45, 7) is 0. The van der Waals surface area contributed by atoms with Gasteiger partial charge in [-0.1, -0.05) is 11.6 Å². The van der Waals surface area contributed by atoms with E-state index in [1.807, 2.05) is 0 Å². The van der Waals surface area contributed by atoms with Crippen LogP contribution in [0.2, 0.25) is 5.02 Å². The van der Waals surface area contributed by atoms with E-state index in [-0.39, 0.29) is 34.9 Å². The molecule has 5 nitrogen and oxygen atoms in total. The highest BCUT2D eigenvalue weighted by Crippen LogP contribution is 2.58. The maximum absolute atomic E-state index is 13.2. The van der Waals surface area contributed by atoms with Gasteiger partial charge in [-0.25, -0.2) is 4.98 Å². The molecule has 0 amide bonds. The van der Waals surface area contributed by atoms with Gasteiger partial charge in [-0.3, -0.25) is 10.1 Å². The Labute approximate surface area is 121 Å². The molecular formula is C12H9ClF3N3O2. The number of aryl methyl sites for hydroxylation is 1. The molecule has 0 unspecified atom stereocenters. The molecule has 1 aromatic heterocycles. The number of imidazole rings is 1. The van der Waals surface area contributed by atoms with Gasteiger partial charge in [0.1, 0.15) is 21.8 Å². The van der Waals surface area contributed by atoms with Crippen molar-refractivity contribution in [2.75, 3.05) is 0 Å². The van der Waals surface area contributed by atoms with Crippen LogP contribution < -0.4 is 0 Å². The van der Waals surface area contributed by atoms with Crippen molar-refractivity contribution in [2.45, 2.75) is 24.4 Å². The normalized spacial score (nSPS) is 17.2. The number of nitro groups is 1. The lowest BCUT2D eigenvalue weighted by Crippen LogP contribution is -2.31. The van der Waals surface area contributed by atoms with Gasteiger partial charge in [0.05, 0.1) is 10.4 Å². The molecule has 1 aromatic carbocycles. The zero-order valence-corrected chi connectivity index (χ0v) is 11.5. The summed E-state index contributed by atoms with van der Waals surface area (Å²) in [5.41, 5.74) is -1.96. The lowest BCUT2D eigenvalue weighted by Gasteiger charge is -2.18. The van der Waals surface area contributed by atoms with Crippen molar-refractivity contribution in [1.29, 1.82) is 0 Å². The van der Waals surface area contributed by atoms with Gasteiger partial charge in [-0.15, -0.1) is 0 Å². The van der Waals surface area contributed by atoms with Crippen LogP contribution in [0.25, 0.3) is 11.0 Å². The Morgan fingerprint density at radius 3 is 2.52 bits per heavy atom. The highest BCUT2D eigenvalue weighted by molar-refractivity contribution is 6.37. The molecule has 0 aliphatic heterocycles. The molecule has 9 heteroatoms. The fraction of sp³-hybridized carbons (Fsp3) is 0.417. The summed E-state index contributed by atoms with van der Waals surface area (Å²) in [6.07, 6.45) is -4.47. The number of fused-ring (bicyclic) bond motifs is 1. The topological polar surface area (TPSA) is 61.0 Å². The minimum absolute atomic E-state index is 0.0268. The molecule has 0 atom stereocenters. The second-order valence-electron chi connectivity index (χ2n) is 5.10. The first-order valence-corrected chi connectivity index (χ1v) is 6.43. The van der Waals surface area contributed by atoms with Gasteiger partial charge in [0.2, 0.25) is 0 Å². The van der Waals surface area contributed by atoms with E-state index in [0.717, 1.165) is 0 Å². The summed E-state index contributed by atoms with van der Waals surface area (Å²) in [7, 11) is 1.46. The van der Waals surface area contributed by atoms with Crippen molar-refractivity contribution in [1.82, 2.24) is 9.55 Å². The van der Waals surface area contributed by atoms with E-state index in [0.29, 0.717) is 5.52 Å². The lowest BCUT2D eigenvalue weighted by atomic mass is 10.1. The molecule has 1 aliphatic rings. The van der Waals surface area contributed by atoms with Crippen LogP contribution in [-0.2, 0) is 12.5 Å². The number of halogens is 4. The van der Waals surface area contributed by atoms with Crippen molar-refractivity contribution in [3.05, 3.63) is 33.1 Å². The van der Waals surface area contributed by atoms with Crippen molar-refractivity contribution in [3.63, 3.8) is 0 Å². The Morgan fingerprint density at radius 1 is 1.43 bits per heavy atom. The summed E-state index contributed by atoms with van der Waals surface area (Å²) in [5, 5.41) is 10.6. The maximum Gasteiger partial charge on any atom is 0.401 e. The summed E-state index contributed by atoms with van der Waals surface area (Å²) < 4.78 is 40.9. The van der Waals surface area contributed by atoms with E-state index in [4.69, 9.17) is 11.6 Å². The van der Waals surface area contributed by atoms with Crippen LogP contribution in [0.3, 0.4) is 0 Å². The third-order valence-electron chi connectivity index (χ3n) is 3.89. The molecule has 21 heavy (non-hydrogen) atoms. The third kappa shape index (κ3) is 1.81. The molecule has 1 fully saturated rings. The maximum atomic E-state index is 13.2. The molecule has 0 spiro atoms. The van der Waals surface area contributed by atoms with Crippen LogP contribution in [0.1, 0.15) is 18.7 Å². The fourth-order valence-electron chi connectivity index (χ4n) is 2.54. The van der Waals surface area contributed by atoms with Gasteiger partial charge in [-0.2, -0.15) is 13.2 Å². The first-order chi connectivity index (χ1) is 9.69. The van der Waals surface area contributed by atoms with Crippen molar-refractivity contribution in [3.8, 4) is 0 Å². The summed E-state index contributed by atoms with van der Waals surface area (Å²) in [4.78, 5) is 14.1. The predicted octanol–water partition coefficient (Wildman–Crippen LogP) is 3.73. The average molecular weight is 320 g/mol. The Hall–Kier alpha value is -1.83. The molecule has 1 saturated carbocycles. The zero-order valence-electron chi connectivity index (χ0n) is 10.7. The van der Waals surface area contributed by atoms with Gasteiger partial charge >= 0.3 is 6.18 Å². The van der Waals surface area contributed by atoms with Crippen LogP contribution in [0.15, 0.2) is 12.1 Å². The van der Waals surface area contributed by atoms with E-state index in [1.54, 1.807) is 0 Å². The fourth-order valence-corrected chi connectivity index (χ4v) is 2.81. The molecule has 1 aliphatic carbocycles. The second kappa shape index (κ2) is 4.09. The minimum atomic E-state index is -4.40. The smallest absolute Gasteiger partial charge is 0.330 e. The number of hydrogen-bond acceptors (Lipinski definition) is 3. The van der Waals surface area contributed by atoms with Gasteiger partial charge < -0.3 is 4.57 Å².